The number of carbonyl (C=O) groups excluding carboxylic acids is 2. The Hall–Kier alpha value is -3.36. The van der Waals surface area contributed by atoms with Crippen molar-refractivity contribution in [2.24, 2.45) is 11.8 Å². The third kappa shape index (κ3) is 5.28. The van der Waals surface area contributed by atoms with Gasteiger partial charge in [-0.05, 0) is 54.0 Å². The highest BCUT2D eigenvalue weighted by atomic mass is 16.7. The average molecular weight is 520 g/mol. The number of nitrogens with one attached hydrogen (secondary N) is 1. The summed E-state index contributed by atoms with van der Waals surface area (Å²) in [6, 6.07) is 17.6. The van der Waals surface area contributed by atoms with Crippen molar-refractivity contribution in [3.8, 4) is 0 Å². The predicted octanol–water partition coefficient (Wildman–Crippen LogP) is 3.55. The fraction of sp³-hybridized carbons (Fsp3) is 0.467. The minimum absolute atomic E-state index is 0.00574. The monoisotopic (exact) mass is 519 g/mol. The molecule has 5 rings (SSSR count). The summed E-state index contributed by atoms with van der Waals surface area (Å²) in [5.74, 6) is 0.720. The molecule has 0 unspecified atom stereocenters. The molecule has 0 saturated carbocycles. The molecule has 2 saturated heterocycles. The molecular formula is C30H37N3O5. The van der Waals surface area contributed by atoms with E-state index in [1.165, 1.54) is 0 Å². The Kier molecular flexibility index (Phi) is 7.72. The molecule has 1 spiro atoms. The summed E-state index contributed by atoms with van der Waals surface area (Å²) in [5.41, 5.74) is 2.20. The van der Waals surface area contributed by atoms with Gasteiger partial charge in [-0.2, -0.15) is 0 Å². The molecule has 2 amide bonds. The molecule has 2 atom stereocenters. The topological polar surface area (TPSA) is 91.3 Å². The summed E-state index contributed by atoms with van der Waals surface area (Å²) >= 11 is 0. The van der Waals surface area contributed by atoms with Gasteiger partial charge < -0.3 is 29.7 Å². The quantitative estimate of drug-likeness (QED) is 0.582. The summed E-state index contributed by atoms with van der Waals surface area (Å²) in [4.78, 5) is 30.5. The Morgan fingerprint density at radius 2 is 1.79 bits per heavy atom. The molecule has 3 heterocycles. The van der Waals surface area contributed by atoms with E-state index >= 15 is 0 Å². The van der Waals surface area contributed by atoms with E-state index < -0.39 is 11.8 Å². The predicted molar refractivity (Wildman–Crippen MR) is 144 cm³/mol. The van der Waals surface area contributed by atoms with Crippen LogP contribution in [0.25, 0.3) is 0 Å². The van der Waals surface area contributed by atoms with Gasteiger partial charge in [0.1, 0.15) is 5.54 Å². The number of para-hydroxylation sites is 1. The molecule has 0 radical (unpaired) electrons. The van der Waals surface area contributed by atoms with Crippen LogP contribution in [-0.2, 0) is 32.3 Å². The molecular weight excluding hydrogens is 482 g/mol. The number of aliphatic hydroxyl groups is 1. The smallest absolute Gasteiger partial charge is 0.288 e. The van der Waals surface area contributed by atoms with Crippen molar-refractivity contribution in [3.63, 3.8) is 0 Å². The van der Waals surface area contributed by atoms with Gasteiger partial charge in [0.15, 0.2) is 5.76 Å². The Bertz CT molecular complexity index is 1160. The molecule has 2 aromatic carbocycles. The van der Waals surface area contributed by atoms with Gasteiger partial charge in [0, 0.05) is 25.2 Å². The van der Waals surface area contributed by atoms with Crippen LogP contribution in [0, 0.1) is 11.8 Å². The zero-order valence-corrected chi connectivity index (χ0v) is 22.1. The molecule has 3 aliphatic heterocycles. The van der Waals surface area contributed by atoms with Crippen LogP contribution < -0.4 is 10.2 Å². The van der Waals surface area contributed by atoms with Gasteiger partial charge in [-0.1, -0.05) is 56.3 Å². The summed E-state index contributed by atoms with van der Waals surface area (Å²) in [7, 11) is 0. The van der Waals surface area contributed by atoms with Crippen LogP contribution in [0.3, 0.4) is 0 Å². The van der Waals surface area contributed by atoms with Crippen LogP contribution in [-0.4, -0.2) is 53.4 Å². The van der Waals surface area contributed by atoms with Gasteiger partial charge in [-0.25, -0.2) is 0 Å². The first-order chi connectivity index (χ1) is 18.4. The number of piperidine rings is 1. The van der Waals surface area contributed by atoms with Crippen molar-refractivity contribution in [2.45, 2.75) is 58.2 Å². The van der Waals surface area contributed by atoms with Crippen molar-refractivity contribution in [3.05, 3.63) is 77.6 Å². The molecule has 2 aromatic rings. The Morgan fingerprint density at radius 3 is 2.45 bits per heavy atom. The van der Waals surface area contributed by atoms with E-state index in [-0.39, 0.29) is 24.3 Å². The second-order valence-electron chi connectivity index (χ2n) is 10.8. The van der Waals surface area contributed by atoms with Crippen LogP contribution in [0.5, 0.6) is 0 Å². The first kappa shape index (κ1) is 26.3. The molecule has 202 valence electrons. The van der Waals surface area contributed by atoms with Gasteiger partial charge in [0.25, 0.3) is 5.91 Å². The standard InChI is InChI=1S/C30H37N3O5/c1-21(2)24-16-26(38-27(17-24)37-19-23-10-8-22(18-34)9-11-23)28(35)32-14-12-30(13-15-32)29(36)31-20-33(30)25-6-4-3-5-7-25/h3-11,16,21,24,27,34H,12-15,17-20H2,1-2H3,(H,31,36)/t24-,27+/m0/s1. The molecule has 2 N–H and O–H groups in total. The maximum absolute atomic E-state index is 13.6. The lowest BCUT2D eigenvalue weighted by molar-refractivity contribution is -0.161. The SMILES string of the molecule is CC(C)[C@H]1C=C(C(=O)N2CCC3(CC2)C(=O)NCN3c2ccccc2)O[C@@H](OCc2ccc(CO)cc2)C1. The van der Waals surface area contributed by atoms with Gasteiger partial charge >= 0.3 is 0 Å². The number of amides is 2. The van der Waals surface area contributed by atoms with E-state index in [1.807, 2.05) is 60.7 Å². The second-order valence-corrected chi connectivity index (χ2v) is 10.8. The van der Waals surface area contributed by atoms with Crippen LogP contribution in [0.2, 0.25) is 0 Å². The Labute approximate surface area is 224 Å². The van der Waals surface area contributed by atoms with Crippen LogP contribution in [0.15, 0.2) is 66.4 Å². The molecule has 8 heteroatoms. The van der Waals surface area contributed by atoms with E-state index in [9.17, 15) is 14.7 Å². The van der Waals surface area contributed by atoms with Gasteiger partial charge in [-0.3, -0.25) is 9.59 Å². The molecule has 0 aliphatic carbocycles. The van der Waals surface area contributed by atoms with E-state index in [2.05, 4.69) is 24.1 Å². The number of rotatable bonds is 7. The minimum atomic E-state index is -0.641. The third-order valence-corrected chi connectivity index (χ3v) is 8.08. The summed E-state index contributed by atoms with van der Waals surface area (Å²) in [6.07, 6.45) is 3.23. The number of ether oxygens (including phenoxy) is 2. The van der Waals surface area contributed by atoms with Gasteiger partial charge in [-0.15, -0.1) is 0 Å². The normalized spacial score (nSPS) is 22.8. The molecule has 8 nitrogen and oxygen atoms in total. The van der Waals surface area contributed by atoms with Crippen LogP contribution in [0.4, 0.5) is 5.69 Å². The number of hydrogen-bond acceptors (Lipinski definition) is 6. The highest BCUT2D eigenvalue weighted by molar-refractivity contribution is 5.95. The van der Waals surface area contributed by atoms with Crippen molar-refractivity contribution < 1.29 is 24.2 Å². The maximum Gasteiger partial charge on any atom is 0.288 e. The average Bonchev–Trinajstić information content (AvgIpc) is 3.27. The van der Waals surface area contributed by atoms with Crippen LogP contribution in [0.1, 0.15) is 44.2 Å². The fourth-order valence-corrected chi connectivity index (χ4v) is 5.60. The summed E-state index contributed by atoms with van der Waals surface area (Å²) < 4.78 is 12.2. The number of aliphatic hydroxyl groups excluding tert-OH is 1. The van der Waals surface area contributed by atoms with Crippen molar-refractivity contribution in [1.82, 2.24) is 10.2 Å². The van der Waals surface area contributed by atoms with Crippen molar-refractivity contribution >= 4 is 17.5 Å². The first-order valence-electron chi connectivity index (χ1n) is 13.5. The highest BCUT2D eigenvalue weighted by Crippen LogP contribution is 2.37. The van der Waals surface area contributed by atoms with Crippen molar-refractivity contribution in [2.75, 3.05) is 24.7 Å². The van der Waals surface area contributed by atoms with E-state index in [4.69, 9.17) is 9.47 Å². The number of likely N-dealkylation sites (tertiary alicyclic amines) is 1. The zero-order chi connectivity index (χ0) is 26.7. The maximum atomic E-state index is 13.6. The lowest BCUT2D eigenvalue weighted by Crippen LogP contribution is -2.57. The van der Waals surface area contributed by atoms with E-state index in [1.54, 1.807) is 4.90 Å². The summed E-state index contributed by atoms with van der Waals surface area (Å²) in [6.45, 7) is 6.08. The molecule has 0 aromatic heterocycles. The number of benzene rings is 2. The largest absolute Gasteiger partial charge is 0.459 e. The van der Waals surface area contributed by atoms with Crippen molar-refractivity contribution in [1.29, 1.82) is 0 Å². The highest BCUT2D eigenvalue weighted by Gasteiger charge is 2.51. The molecule has 3 aliphatic rings. The van der Waals surface area contributed by atoms with Gasteiger partial charge in [0.05, 0.1) is 19.9 Å². The lowest BCUT2D eigenvalue weighted by Gasteiger charge is -2.43. The molecule has 2 fully saturated rings. The summed E-state index contributed by atoms with van der Waals surface area (Å²) in [5, 5.41) is 12.3. The number of allylic oxidation sites excluding steroid dienone is 1. The Balaban J connectivity index is 1.24. The van der Waals surface area contributed by atoms with E-state index in [0.29, 0.717) is 57.3 Å². The van der Waals surface area contributed by atoms with Gasteiger partial charge in [0.2, 0.25) is 12.2 Å². The fourth-order valence-electron chi connectivity index (χ4n) is 5.60. The third-order valence-electron chi connectivity index (χ3n) is 8.08. The molecule has 0 bridgehead atoms. The minimum Gasteiger partial charge on any atom is -0.459 e. The number of anilines is 1. The number of hydrogen-bond donors (Lipinski definition) is 2. The second kappa shape index (κ2) is 11.2. The molecule has 38 heavy (non-hydrogen) atoms. The number of carbonyl (C=O) groups is 2. The zero-order valence-electron chi connectivity index (χ0n) is 22.1. The Morgan fingerprint density at radius 1 is 1.11 bits per heavy atom. The van der Waals surface area contributed by atoms with Crippen LogP contribution >= 0.6 is 0 Å². The number of nitrogens with zero attached hydrogens (tertiary/aromatic N) is 2. The van der Waals surface area contributed by atoms with E-state index in [0.717, 1.165) is 16.8 Å². The first-order valence-corrected chi connectivity index (χ1v) is 13.5. The lowest BCUT2D eigenvalue weighted by atomic mass is 9.85.